The Hall–Kier alpha value is -1.03. The molecule has 1 aliphatic carbocycles. The zero-order chi connectivity index (χ0) is 14.9. The molecular weight excluding hydrogens is 265 g/mol. The fourth-order valence-corrected chi connectivity index (χ4v) is 3.14. The van der Waals surface area contributed by atoms with Gasteiger partial charge in [-0.05, 0) is 50.2 Å². The number of rotatable bonds is 2. The van der Waals surface area contributed by atoms with E-state index in [1.165, 1.54) is 0 Å². The first kappa shape index (κ1) is 15.4. The Balaban J connectivity index is 2.16. The Bertz CT molecular complexity index is 467. The molecule has 1 saturated carbocycles. The van der Waals surface area contributed by atoms with Gasteiger partial charge in [0.25, 0.3) is 0 Å². The zero-order valence-electron chi connectivity index (χ0n) is 11.9. The first-order valence-electron chi connectivity index (χ1n) is 7.11. The van der Waals surface area contributed by atoms with Gasteiger partial charge in [0.2, 0.25) is 0 Å². The number of aliphatic hydroxyl groups excluding tert-OH is 1. The highest BCUT2D eigenvalue weighted by Gasteiger charge is 2.43. The van der Waals surface area contributed by atoms with Crippen LogP contribution in [0.4, 0.5) is 13.2 Å². The average molecular weight is 286 g/mol. The molecule has 2 rings (SSSR count). The molecule has 1 aliphatic rings. The van der Waals surface area contributed by atoms with Gasteiger partial charge in [-0.3, -0.25) is 0 Å². The summed E-state index contributed by atoms with van der Waals surface area (Å²) in [4.78, 5) is 0. The number of benzene rings is 1. The predicted molar refractivity (Wildman–Crippen MR) is 72.4 cm³/mol. The van der Waals surface area contributed by atoms with E-state index in [1.54, 1.807) is 0 Å². The molecule has 0 radical (unpaired) electrons. The smallest absolute Gasteiger partial charge is 0.388 e. The summed E-state index contributed by atoms with van der Waals surface area (Å²) in [5.74, 6) is -1.56. The fourth-order valence-electron chi connectivity index (χ4n) is 3.14. The summed E-state index contributed by atoms with van der Waals surface area (Å²) >= 11 is 0. The van der Waals surface area contributed by atoms with E-state index in [4.69, 9.17) is 0 Å². The van der Waals surface area contributed by atoms with Gasteiger partial charge in [0.1, 0.15) is 0 Å². The predicted octanol–water partition coefficient (Wildman–Crippen LogP) is 4.71. The van der Waals surface area contributed by atoms with Crippen molar-refractivity contribution in [1.82, 2.24) is 0 Å². The van der Waals surface area contributed by atoms with Gasteiger partial charge in [0, 0.05) is 0 Å². The van der Waals surface area contributed by atoms with Crippen LogP contribution in [0.5, 0.6) is 0 Å². The van der Waals surface area contributed by atoms with Crippen molar-refractivity contribution in [1.29, 1.82) is 0 Å². The van der Waals surface area contributed by atoms with Crippen LogP contribution in [0.25, 0.3) is 0 Å². The fraction of sp³-hybridized carbons (Fsp3) is 0.625. The number of hydrogen-bond donors (Lipinski definition) is 1. The quantitative estimate of drug-likeness (QED) is 0.835. The Morgan fingerprint density at radius 2 is 1.90 bits per heavy atom. The van der Waals surface area contributed by atoms with Gasteiger partial charge < -0.3 is 5.11 Å². The van der Waals surface area contributed by atoms with Crippen LogP contribution >= 0.6 is 0 Å². The molecular formula is C16H21F3O. The van der Waals surface area contributed by atoms with Crippen LogP contribution in [0.3, 0.4) is 0 Å². The standard InChI is InChI=1S/C16H21F3O/c1-10-6-7-11(2)14(8-10)15(20)12-4-3-5-13(9-12)16(17,18)19/h6-8,12-13,15,20H,3-5,9H2,1-2H3. The second-order valence-corrected chi connectivity index (χ2v) is 5.97. The summed E-state index contributed by atoms with van der Waals surface area (Å²) in [5, 5.41) is 10.5. The number of aliphatic hydroxyl groups is 1. The van der Waals surface area contributed by atoms with Gasteiger partial charge in [-0.15, -0.1) is 0 Å². The topological polar surface area (TPSA) is 20.2 Å². The van der Waals surface area contributed by atoms with Crippen LogP contribution < -0.4 is 0 Å². The molecule has 1 fully saturated rings. The Morgan fingerprint density at radius 3 is 2.55 bits per heavy atom. The van der Waals surface area contributed by atoms with Crippen molar-refractivity contribution < 1.29 is 18.3 Å². The molecule has 0 aromatic heterocycles. The lowest BCUT2D eigenvalue weighted by atomic mass is 9.76. The first-order valence-corrected chi connectivity index (χ1v) is 7.11. The Morgan fingerprint density at radius 1 is 1.20 bits per heavy atom. The molecule has 3 unspecified atom stereocenters. The zero-order valence-corrected chi connectivity index (χ0v) is 11.9. The van der Waals surface area contributed by atoms with E-state index in [9.17, 15) is 18.3 Å². The monoisotopic (exact) mass is 286 g/mol. The van der Waals surface area contributed by atoms with Gasteiger partial charge in [0.15, 0.2) is 0 Å². The molecule has 1 N–H and O–H groups in total. The lowest BCUT2D eigenvalue weighted by molar-refractivity contribution is -0.189. The van der Waals surface area contributed by atoms with Gasteiger partial charge in [0.05, 0.1) is 12.0 Å². The number of hydrogen-bond acceptors (Lipinski definition) is 1. The normalized spacial score (nSPS) is 25.5. The summed E-state index contributed by atoms with van der Waals surface area (Å²) in [5.41, 5.74) is 2.74. The summed E-state index contributed by atoms with van der Waals surface area (Å²) in [6.07, 6.45) is -3.49. The van der Waals surface area contributed by atoms with Crippen LogP contribution in [0.1, 0.15) is 48.5 Å². The van der Waals surface area contributed by atoms with Gasteiger partial charge in [-0.25, -0.2) is 0 Å². The summed E-state index contributed by atoms with van der Waals surface area (Å²) in [6.45, 7) is 3.82. The van der Waals surface area contributed by atoms with Crippen molar-refractivity contribution in [2.75, 3.05) is 0 Å². The molecule has 20 heavy (non-hydrogen) atoms. The Kier molecular flexibility index (Phi) is 4.43. The summed E-state index contributed by atoms with van der Waals surface area (Å²) < 4.78 is 38.5. The number of alkyl halides is 3. The minimum atomic E-state index is -4.14. The minimum absolute atomic E-state index is 0.0397. The van der Waals surface area contributed by atoms with E-state index >= 15 is 0 Å². The van der Waals surface area contributed by atoms with Crippen LogP contribution in [0, 0.1) is 25.7 Å². The molecule has 1 nitrogen and oxygen atoms in total. The molecule has 112 valence electrons. The van der Waals surface area contributed by atoms with Gasteiger partial charge in [-0.2, -0.15) is 13.2 Å². The number of halogens is 3. The second kappa shape index (κ2) is 5.76. The van der Waals surface area contributed by atoms with Crippen molar-refractivity contribution in [3.8, 4) is 0 Å². The maximum atomic E-state index is 12.8. The van der Waals surface area contributed by atoms with Crippen molar-refractivity contribution in [2.45, 2.75) is 51.8 Å². The van der Waals surface area contributed by atoms with Crippen molar-refractivity contribution in [3.05, 3.63) is 34.9 Å². The molecule has 3 atom stereocenters. The van der Waals surface area contributed by atoms with Crippen LogP contribution in [0.2, 0.25) is 0 Å². The van der Waals surface area contributed by atoms with E-state index < -0.39 is 18.2 Å². The third kappa shape index (κ3) is 3.35. The molecule has 4 heteroatoms. The van der Waals surface area contributed by atoms with Crippen LogP contribution in [-0.4, -0.2) is 11.3 Å². The van der Waals surface area contributed by atoms with Crippen molar-refractivity contribution in [2.24, 2.45) is 11.8 Å². The molecule has 1 aromatic rings. The van der Waals surface area contributed by atoms with Crippen molar-refractivity contribution in [3.63, 3.8) is 0 Å². The van der Waals surface area contributed by atoms with E-state index in [1.807, 2.05) is 32.0 Å². The largest absolute Gasteiger partial charge is 0.391 e. The molecule has 0 heterocycles. The first-order chi connectivity index (χ1) is 9.29. The van der Waals surface area contributed by atoms with Gasteiger partial charge >= 0.3 is 6.18 Å². The third-order valence-corrected chi connectivity index (χ3v) is 4.38. The lowest BCUT2D eigenvalue weighted by Crippen LogP contribution is -2.31. The van der Waals surface area contributed by atoms with E-state index in [2.05, 4.69) is 0 Å². The minimum Gasteiger partial charge on any atom is -0.388 e. The maximum absolute atomic E-state index is 12.8. The molecule has 0 aliphatic heterocycles. The average Bonchev–Trinajstić information content (AvgIpc) is 2.40. The second-order valence-electron chi connectivity index (χ2n) is 5.97. The lowest BCUT2D eigenvalue weighted by Gasteiger charge is -2.33. The van der Waals surface area contributed by atoms with Gasteiger partial charge in [-0.1, -0.05) is 30.2 Å². The highest BCUT2D eigenvalue weighted by molar-refractivity contribution is 5.32. The van der Waals surface area contributed by atoms with Crippen LogP contribution in [0.15, 0.2) is 18.2 Å². The number of aryl methyl sites for hydroxylation is 2. The molecule has 1 aromatic carbocycles. The van der Waals surface area contributed by atoms with E-state index in [0.29, 0.717) is 12.8 Å². The van der Waals surface area contributed by atoms with Crippen LogP contribution in [-0.2, 0) is 0 Å². The highest BCUT2D eigenvalue weighted by Crippen LogP contribution is 2.44. The highest BCUT2D eigenvalue weighted by atomic mass is 19.4. The molecule has 0 bridgehead atoms. The summed E-state index contributed by atoms with van der Waals surface area (Å²) in [7, 11) is 0. The maximum Gasteiger partial charge on any atom is 0.391 e. The third-order valence-electron chi connectivity index (χ3n) is 4.38. The molecule has 0 spiro atoms. The SMILES string of the molecule is Cc1ccc(C)c(C(O)C2CCCC(C(F)(F)F)C2)c1. The van der Waals surface area contributed by atoms with Crippen molar-refractivity contribution >= 4 is 0 Å². The van der Waals surface area contributed by atoms with E-state index in [-0.39, 0.29) is 18.8 Å². The Labute approximate surface area is 117 Å². The summed E-state index contributed by atoms with van der Waals surface area (Å²) in [6, 6.07) is 5.75. The molecule has 0 saturated heterocycles. The molecule has 0 amide bonds. The van der Waals surface area contributed by atoms with E-state index in [0.717, 1.165) is 16.7 Å².